The van der Waals surface area contributed by atoms with Crippen LogP contribution in [0.5, 0.6) is 0 Å². The van der Waals surface area contributed by atoms with Gasteiger partial charge in [-0.2, -0.15) is 0 Å². The molecule has 264 valence electrons. The molecule has 0 aliphatic rings. The van der Waals surface area contributed by atoms with Gasteiger partial charge in [-0.15, -0.1) is 44.1 Å². The van der Waals surface area contributed by atoms with Crippen LogP contribution in [0, 0.1) is 0 Å². The van der Waals surface area contributed by atoms with Gasteiger partial charge >= 0.3 is 0 Å². The fourth-order valence-corrected chi connectivity index (χ4v) is 10.8. The quantitative estimate of drug-likeness (QED) is 0.181. The lowest BCUT2D eigenvalue weighted by atomic mass is 9.56. The van der Waals surface area contributed by atoms with E-state index in [0.29, 0.717) is 27.6 Å². The molecule has 3 heterocycles. The van der Waals surface area contributed by atoms with Crippen LogP contribution >= 0.6 is 11.3 Å². The summed E-state index contributed by atoms with van der Waals surface area (Å²) in [5.74, 6) is 0. The molecule has 0 unspecified atom stereocenters. The lowest BCUT2D eigenvalue weighted by Gasteiger charge is -2.28. The molecule has 8 aromatic carbocycles. The minimum absolute atomic E-state index is 0.0422. The Balaban J connectivity index is 1.23. The van der Waals surface area contributed by atoms with Crippen LogP contribution in [0.1, 0.15) is 0 Å². The third-order valence-electron chi connectivity index (χ3n) is 12.8. The predicted octanol–water partition coefficient (Wildman–Crippen LogP) is -2.10. The molecule has 11 aromatic rings. The van der Waals surface area contributed by atoms with Crippen LogP contribution in [0.3, 0.4) is 0 Å². The summed E-state index contributed by atoms with van der Waals surface area (Å²) in [6, 6.07) is 35.0. The van der Waals surface area contributed by atoms with Crippen LogP contribution in [-0.4, -0.2) is 111 Å². The van der Waals surface area contributed by atoms with E-state index in [-0.39, 0.29) is 71.2 Å². The van der Waals surface area contributed by atoms with E-state index < -0.39 is 0 Å². The minimum atomic E-state index is 0.0422. The molecule has 0 bridgehead atoms. The number of benzene rings is 8. The van der Waals surface area contributed by atoms with E-state index in [0.717, 1.165) is 69.6 Å². The van der Waals surface area contributed by atoms with Crippen molar-refractivity contribution in [2.24, 2.45) is 0 Å². The van der Waals surface area contributed by atoms with Crippen LogP contribution in [0.2, 0.25) is 0 Å². The van der Waals surface area contributed by atoms with Gasteiger partial charge in [0.1, 0.15) is 102 Å². The second-order valence-corrected chi connectivity index (χ2v) is 17.2. The summed E-state index contributed by atoms with van der Waals surface area (Å²) in [5.41, 5.74) is 8.75. The Hall–Kier alpha value is -5.58. The van der Waals surface area contributed by atoms with Gasteiger partial charge in [-0.3, -0.25) is 0 Å². The van der Waals surface area contributed by atoms with Gasteiger partial charge < -0.3 is 9.13 Å². The van der Waals surface area contributed by atoms with E-state index in [1.807, 2.05) is 48.5 Å². The average molecular weight is 794 g/mol. The molecule has 0 fully saturated rings. The van der Waals surface area contributed by atoms with Crippen molar-refractivity contribution in [2.45, 2.75) is 0 Å². The van der Waals surface area contributed by atoms with Gasteiger partial charge in [-0.1, -0.05) is 92.8 Å². The Morgan fingerprint density at radius 1 is 0.328 bits per heavy atom. The SMILES string of the molecule is [B]c1c([B])c([B])c(-c2c([B])c([B])c([B])c(-c3cc(-n4c5ccccc5c5cc(-n6c7ccccc7c7c([B])c([B])c([B])c([B])c76)ccc54)c4c(c3)sc3ccccc34)c2[B])c([B])c1[B]. The van der Waals surface area contributed by atoms with E-state index in [1.54, 1.807) is 11.3 Å². The largest absolute Gasteiger partial charge is 0.310 e. The Morgan fingerprint density at radius 2 is 0.828 bits per heavy atom. The van der Waals surface area contributed by atoms with E-state index in [2.05, 4.69) is 63.7 Å². The van der Waals surface area contributed by atoms with Gasteiger partial charge in [-0.05, 0) is 76.2 Å². The van der Waals surface area contributed by atoms with Gasteiger partial charge in [0.25, 0.3) is 0 Å². The van der Waals surface area contributed by atoms with Crippen molar-refractivity contribution in [3.63, 3.8) is 0 Å². The molecular formula is C48H17B13N2S. The summed E-state index contributed by atoms with van der Waals surface area (Å²) in [5, 5.41) is 5.74. The fourth-order valence-electron chi connectivity index (χ4n) is 9.63. The highest BCUT2D eigenvalue weighted by molar-refractivity contribution is 7.26. The van der Waals surface area contributed by atoms with Gasteiger partial charge in [0.2, 0.25) is 0 Å². The van der Waals surface area contributed by atoms with E-state index in [9.17, 15) is 0 Å². The summed E-state index contributed by atoms with van der Waals surface area (Å²) in [6.45, 7) is 0. The van der Waals surface area contributed by atoms with E-state index >= 15 is 0 Å². The van der Waals surface area contributed by atoms with Gasteiger partial charge in [0.15, 0.2) is 0 Å². The molecule has 0 spiro atoms. The normalized spacial score (nSPS) is 11.9. The van der Waals surface area contributed by atoms with Crippen LogP contribution < -0.4 is 71.0 Å². The van der Waals surface area contributed by atoms with Crippen molar-refractivity contribution in [1.82, 2.24) is 9.13 Å². The number of hydrogen-bond donors (Lipinski definition) is 0. The number of fused-ring (bicyclic) bond motifs is 9. The third-order valence-corrected chi connectivity index (χ3v) is 13.9. The zero-order valence-electron chi connectivity index (χ0n) is 34.1. The van der Waals surface area contributed by atoms with Gasteiger partial charge in [-0.25, -0.2) is 0 Å². The molecule has 0 saturated heterocycles. The molecule has 11 rings (SSSR count). The predicted molar refractivity (Wildman–Crippen MR) is 289 cm³/mol. The topological polar surface area (TPSA) is 9.86 Å². The zero-order chi connectivity index (χ0) is 44.8. The van der Waals surface area contributed by atoms with Crippen molar-refractivity contribution >= 4 is 248 Å². The smallest absolute Gasteiger partial charge is 0.115 e. The molecule has 2 nitrogen and oxygen atoms in total. The van der Waals surface area contributed by atoms with Crippen molar-refractivity contribution in [3.05, 3.63) is 103 Å². The lowest BCUT2D eigenvalue weighted by molar-refractivity contribution is 1.18. The number of rotatable bonds is 4. The maximum Gasteiger partial charge on any atom is 0.115 e. The first-order chi connectivity index (χ1) is 30.7. The van der Waals surface area contributed by atoms with Crippen LogP contribution in [0.4, 0.5) is 0 Å². The Bertz CT molecular complexity index is 3870. The number of aromatic nitrogens is 2. The van der Waals surface area contributed by atoms with Crippen molar-refractivity contribution in [2.75, 3.05) is 0 Å². The molecule has 0 atom stereocenters. The molecule has 16 heteroatoms. The summed E-state index contributed by atoms with van der Waals surface area (Å²) in [4.78, 5) is 0. The van der Waals surface area contributed by atoms with Gasteiger partial charge in [0, 0.05) is 47.5 Å². The molecule has 64 heavy (non-hydrogen) atoms. The molecule has 0 amide bonds. The fraction of sp³-hybridized carbons (Fsp3) is 0. The Labute approximate surface area is 391 Å². The van der Waals surface area contributed by atoms with Crippen molar-refractivity contribution in [1.29, 1.82) is 0 Å². The van der Waals surface area contributed by atoms with Crippen molar-refractivity contribution < 1.29 is 0 Å². The molecule has 0 N–H and O–H groups in total. The Morgan fingerprint density at radius 3 is 1.52 bits per heavy atom. The highest BCUT2D eigenvalue weighted by Gasteiger charge is 2.25. The molecular weight excluding hydrogens is 777 g/mol. The van der Waals surface area contributed by atoms with Crippen LogP contribution in [0.25, 0.3) is 97.4 Å². The highest BCUT2D eigenvalue weighted by Crippen LogP contribution is 2.43. The maximum atomic E-state index is 7.17. The molecule has 0 aliphatic heterocycles. The maximum absolute atomic E-state index is 7.17. The number of hydrogen-bond acceptors (Lipinski definition) is 1. The molecule has 0 saturated carbocycles. The van der Waals surface area contributed by atoms with Gasteiger partial charge in [0.05, 0.1) is 22.2 Å². The first-order valence-corrected chi connectivity index (χ1v) is 20.9. The second-order valence-electron chi connectivity index (χ2n) is 16.1. The second kappa shape index (κ2) is 14.7. The summed E-state index contributed by atoms with van der Waals surface area (Å²) < 4.78 is 6.43. The summed E-state index contributed by atoms with van der Waals surface area (Å²) >= 11 is 1.65. The number of para-hydroxylation sites is 2. The summed E-state index contributed by atoms with van der Waals surface area (Å²) in [7, 11) is 85.9. The molecule has 26 radical (unpaired) electrons. The number of thiophene rings is 1. The minimum Gasteiger partial charge on any atom is -0.310 e. The summed E-state index contributed by atoms with van der Waals surface area (Å²) in [6.07, 6.45) is 0. The third kappa shape index (κ3) is 5.57. The molecule has 3 aromatic heterocycles. The number of nitrogens with zero attached hydrogens (tertiary/aromatic N) is 2. The Kier molecular flexibility index (Phi) is 9.47. The standard InChI is InChI=1S/C48H17B13N2S/c49-35-30(36(50)41(55)38(52)33(35)34-39(53)43(57)45(59)44(58)40(34)54)18-15-27(31-22-9-3-6-12-28(22)64-29(31)16-18)63-24-10-4-1-7-20(24)23-17-19(13-14-26(23)63)62-25-11-5-2-8-21(25)32-37(51)42(56)46(60)47(61)48(32)62/h1-17H. The van der Waals surface area contributed by atoms with E-state index in [1.165, 1.54) is 0 Å². The zero-order valence-corrected chi connectivity index (χ0v) is 34.9. The lowest BCUT2D eigenvalue weighted by Crippen LogP contribution is -2.57. The first-order valence-electron chi connectivity index (χ1n) is 20.1. The first kappa shape index (κ1) is 41.1. The van der Waals surface area contributed by atoms with Crippen LogP contribution in [0.15, 0.2) is 103 Å². The van der Waals surface area contributed by atoms with Crippen LogP contribution in [-0.2, 0) is 0 Å². The van der Waals surface area contributed by atoms with Crippen molar-refractivity contribution in [3.8, 4) is 33.6 Å². The average Bonchev–Trinajstić information content (AvgIpc) is 3.97. The monoisotopic (exact) mass is 796 g/mol. The van der Waals surface area contributed by atoms with E-state index in [4.69, 9.17) is 102 Å². The highest BCUT2D eigenvalue weighted by atomic mass is 32.1. The molecule has 0 aliphatic carbocycles.